The number of carbonyl (C=O) groups excluding carboxylic acids is 2. The number of para-hydroxylation sites is 1. The molecule has 1 aliphatic rings. The predicted octanol–water partition coefficient (Wildman–Crippen LogP) is 2.26. The zero-order chi connectivity index (χ0) is 20.4. The van der Waals surface area contributed by atoms with Crippen molar-refractivity contribution in [2.24, 2.45) is 0 Å². The first-order chi connectivity index (χ1) is 14.0. The number of hydrogen-bond acceptors (Lipinski definition) is 6. The number of benzene rings is 1. The van der Waals surface area contributed by atoms with Gasteiger partial charge in [-0.3, -0.25) is 0 Å². The Morgan fingerprint density at radius 1 is 1.07 bits per heavy atom. The van der Waals surface area contributed by atoms with E-state index in [1.54, 1.807) is 31.6 Å². The molecule has 1 aliphatic heterocycles. The van der Waals surface area contributed by atoms with Gasteiger partial charge in [0.1, 0.15) is 0 Å². The summed E-state index contributed by atoms with van der Waals surface area (Å²) in [5, 5.41) is 2.64. The summed E-state index contributed by atoms with van der Waals surface area (Å²) in [6, 6.07) is 15.5. The van der Waals surface area contributed by atoms with E-state index in [-0.39, 0.29) is 25.2 Å². The van der Waals surface area contributed by atoms with Crippen LogP contribution < -0.4 is 10.2 Å². The van der Waals surface area contributed by atoms with Crippen LogP contribution in [0, 0.1) is 0 Å². The number of hydrogen-bond donors (Lipinski definition) is 1. The van der Waals surface area contributed by atoms with Gasteiger partial charge < -0.3 is 0 Å². The van der Waals surface area contributed by atoms with E-state index in [0.29, 0.717) is 5.95 Å². The first kappa shape index (κ1) is 19.2. The second-order valence-corrected chi connectivity index (χ2v) is 8.76. The summed E-state index contributed by atoms with van der Waals surface area (Å²) >= 11 is 4.83. The molecule has 1 saturated heterocycles. The first-order valence-corrected chi connectivity index (χ1v) is 10.7. The molecule has 144 valence electrons. The van der Waals surface area contributed by atoms with Gasteiger partial charge in [0.15, 0.2) is 0 Å². The van der Waals surface area contributed by atoms with Crippen molar-refractivity contribution in [1.29, 1.82) is 0 Å². The van der Waals surface area contributed by atoms with Crippen molar-refractivity contribution in [1.82, 2.24) is 20.2 Å². The monoisotopic (exact) mass is 469 g/mol. The molecule has 29 heavy (non-hydrogen) atoms. The predicted molar refractivity (Wildman–Crippen MR) is 115 cm³/mol. The van der Waals surface area contributed by atoms with Gasteiger partial charge in [0.25, 0.3) is 0 Å². The number of aromatic nitrogens is 2. The molecule has 2 amide bonds. The molecule has 3 aromatic rings. The Morgan fingerprint density at radius 2 is 1.79 bits per heavy atom. The maximum atomic E-state index is 12.4. The van der Waals surface area contributed by atoms with Crippen molar-refractivity contribution in [3.63, 3.8) is 0 Å². The van der Waals surface area contributed by atoms with Crippen LogP contribution in [0.1, 0.15) is 4.44 Å². The van der Waals surface area contributed by atoms with Gasteiger partial charge in [-0.25, -0.2) is 0 Å². The topological polar surface area (TPSA) is 78.4 Å². The van der Waals surface area contributed by atoms with Gasteiger partial charge in [-0.1, -0.05) is 0 Å². The molecule has 0 spiro atoms. The number of nitrogens with one attached hydrogen (secondary N) is 1. The second-order valence-electron chi connectivity index (χ2n) is 6.08. The molecule has 9 heteroatoms. The second kappa shape index (κ2) is 8.08. The van der Waals surface area contributed by atoms with Gasteiger partial charge >= 0.3 is 179 Å². The van der Waals surface area contributed by atoms with Crippen LogP contribution in [-0.4, -0.2) is 53.3 Å². The number of amides is 2. The summed E-state index contributed by atoms with van der Waals surface area (Å²) in [5.74, 6) is -0.324. The van der Waals surface area contributed by atoms with Gasteiger partial charge in [0.2, 0.25) is 0 Å². The van der Waals surface area contributed by atoms with E-state index in [1.807, 2.05) is 47.4 Å². The minimum absolute atomic E-state index is 0.0751. The fraction of sp³-hybridized carbons (Fsp3) is 0.0500. The summed E-state index contributed by atoms with van der Waals surface area (Å²) in [4.78, 5) is 36.7. The summed E-state index contributed by atoms with van der Waals surface area (Å²) in [6.45, 7) is 0. The van der Waals surface area contributed by atoms with E-state index in [4.69, 9.17) is 12.2 Å². The Labute approximate surface area is 178 Å². The van der Waals surface area contributed by atoms with Crippen LogP contribution in [-0.2, 0) is 9.59 Å². The number of likely N-dealkylation sites (N-methyl/N-ethyl adjacent to an activating group) is 1. The van der Waals surface area contributed by atoms with Gasteiger partial charge in [0, 0.05) is 0 Å². The number of thiocarbonyl (C=S) groups is 1. The van der Waals surface area contributed by atoms with E-state index < -0.39 is 11.8 Å². The fourth-order valence-corrected chi connectivity index (χ4v) is 4.96. The van der Waals surface area contributed by atoms with Crippen molar-refractivity contribution in [3.8, 4) is 0 Å². The molecule has 0 aliphatic carbocycles. The van der Waals surface area contributed by atoms with E-state index in [9.17, 15) is 9.59 Å². The Hall–Kier alpha value is -3.13. The molecule has 0 unspecified atom stereocenters. The Morgan fingerprint density at radius 3 is 2.52 bits per heavy atom. The standard InChI is InChI=1S/C20H15N5O2SSe/c1-24-18(27)15(17(26)23-20(24)28)12-14-8-9-16(29-14)25(13-6-3-2-4-7-13)19-21-10-5-11-22-19/h2-12H,1H3,(H,23,26,28)/b15-12+. The van der Waals surface area contributed by atoms with Crippen molar-refractivity contribution in [3.05, 3.63) is 70.9 Å². The summed E-state index contributed by atoms with van der Waals surface area (Å²) in [5.41, 5.74) is 1.01. The molecule has 4 rings (SSSR count). The molecule has 3 heterocycles. The minimum atomic E-state index is -0.477. The van der Waals surface area contributed by atoms with Crippen molar-refractivity contribution >= 4 is 65.9 Å². The van der Waals surface area contributed by atoms with Crippen LogP contribution in [0.4, 0.5) is 16.2 Å². The number of carbonyl (C=O) groups is 2. The third kappa shape index (κ3) is 3.88. The molecule has 0 atom stereocenters. The maximum absolute atomic E-state index is 12.4. The van der Waals surface area contributed by atoms with Crippen molar-refractivity contribution in [2.75, 3.05) is 11.9 Å². The SMILES string of the molecule is CN1C(=O)/C(=C/c2ccc(N(c3ccccc3)c3ncccn3)[se]2)C(=O)NC1=S. The van der Waals surface area contributed by atoms with Crippen LogP contribution in [0.25, 0.3) is 6.08 Å². The van der Waals surface area contributed by atoms with Crippen LogP contribution in [0.3, 0.4) is 0 Å². The molecule has 1 fully saturated rings. The van der Waals surface area contributed by atoms with Gasteiger partial charge in [0.05, 0.1) is 0 Å². The van der Waals surface area contributed by atoms with Crippen molar-refractivity contribution < 1.29 is 9.59 Å². The van der Waals surface area contributed by atoms with Crippen LogP contribution in [0.15, 0.2) is 66.5 Å². The van der Waals surface area contributed by atoms with E-state index in [0.717, 1.165) is 14.7 Å². The molecule has 2 aromatic heterocycles. The third-order valence-corrected chi connectivity index (χ3v) is 6.70. The van der Waals surface area contributed by atoms with Crippen LogP contribution >= 0.6 is 12.2 Å². The quantitative estimate of drug-likeness (QED) is 0.274. The zero-order valence-electron chi connectivity index (χ0n) is 15.3. The van der Waals surface area contributed by atoms with Crippen LogP contribution in [0.2, 0.25) is 0 Å². The molecule has 0 bridgehead atoms. The van der Waals surface area contributed by atoms with Gasteiger partial charge in [-0.2, -0.15) is 0 Å². The molecule has 0 saturated carbocycles. The fourth-order valence-electron chi connectivity index (χ4n) is 2.75. The number of rotatable bonds is 4. The molecular formula is C20H15N5O2SSe. The third-order valence-electron chi connectivity index (χ3n) is 4.19. The van der Waals surface area contributed by atoms with Crippen molar-refractivity contribution in [2.45, 2.75) is 0 Å². The Bertz CT molecular complexity index is 1070. The van der Waals surface area contributed by atoms with E-state index in [1.165, 1.54) is 4.90 Å². The van der Waals surface area contributed by atoms with Crippen LogP contribution in [0.5, 0.6) is 0 Å². The summed E-state index contributed by atoms with van der Waals surface area (Å²) in [6.07, 6.45) is 5.02. The number of anilines is 3. The normalized spacial score (nSPS) is 15.6. The average molecular weight is 468 g/mol. The van der Waals surface area contributed by atoms with Gasteiger partial charge in [-0.15, -0.1) is 0 Å². The molecule has 7 nitrogen and oxygen atoms in total. The first-order valence-electron chi connectivity index (χ1n) is 8.61. The summed E-state index contributed by atoms with van der Waals surface area (Å²) in [7, 11) is 1.54. The number of nitrogens with zero attached hydrogens (tertiary/aromatic N) is 4. The molecule has 0 radical (unpaired) electrons. The molecular weight excluding hydrogens is 453 g/mol. The van der Waals surface area contributed by atoms with E-state index in [2.05, 4.69) is 15.3 Å². The average Bonchev–Trinajstić information content (AvgIpc) is 3.19. The summed E-state index contributed by atoms with van der Waals surface area (Å²) < 4.78 is 1.89. The molecule has 1 N–H and O–H groups in total. The van der Waals surface area contributed by atoms with Gasteiger partial charge in [-0.05, 0) is 0 Å². The van der Waals surface area contributed by atoms with E-state index >= 15 is 0 Å². The molecule has 1 aromatic carbocycles. The zero-order valence-corrected chi connectivity index (χ0v) is 17.8. The Kier molecular flexibility index (Phi) is 5.35. The Balaban J connectivity index is 1.72.